The molecule has 8 heteroatoms. The maximum Gasteiger partial charge on any atom is 0.324 e. The van der Waals surface area contributed by atoms with Crippen molar-refractivity contribution in [1.29, 1.82) is 0 Å². The number of carbonyl (C=O) groups is 1. The van der Waals surface area contributed by atoms with Crippen LogP contribution in [0.5, 0.6) is 0 Å². The number of aromatic nitrogens is 3. The summed E-state index contributed by atoms with van der Waals surface area (Å²) >= 11 is 0. The van der Waals surface area contributed by atoms with Crippen LogP contribution in [0.4, 0.5) is 16.3 Å². The molecule has 0 radical (unpaired) electrons. The zero-order chi connectivity index (χ0) is 20.5. The molecule has 0 saturated carbocycles. The van der Waals surface area contributed by atoms with Crippen molar-refractivity contribution in [3.05, 3.63) is 41.9 Å². The quantitative estimate of drug-likeness (QED) is 0.662. The summed E-state index contributed by atoms with van der Waals surface area (Å²) < 4.78 is 10.6. The van der Waals surface area contributed by atoms with Crippen molar-refractivity contribution in [3.8, 4) is 11.5 Å². The van der Waals surface area contributed by atoms with Crippen LogP contribution in [-0.4, -0.2) is 21.3 Å². The molecule has 0 aliphatic carbocycles. The average molecular weight is 383 g/mol. The fourth-order valence-electron chi connectivity index (χ4n) is 2.31. The van der Waals surface area contributed by atoms with E-state index >= 15 is 0 Å². The molecule has 2 heterocycles. The number of anilines is 2. The second-order valence-corrected chi connectivity index (χ2v) is 8.66. The lowest BCUT2D eigenvalue weighted by Crippen LogP contribution is -2.19. The Bertz CT molecular complexity index is 959. The molecule has 0 saturated heterocycles. The lowest BCUT2D eigenvalue weighted by atomic mass is 9.93. The van der Waals surface area contributed by atoms with Gasteiger partial charge in [-0.2, -0.15) is 4.98 Å². The van der Waals surface area contributed by atoms with E-state index in [9.17, 15) is 4.79 Å². The standard InChI is InChI=1S/C20H25N5O3/c1-19(2,3)14-11-15(24-27-14)22-18(26)21-13-9-7-12(8-10-13)16-23-17(25-28-16)20(4,5)6/h7-11H,1-6H3,(H2,21,22,24,26). The summed E-state index contributed by atoms with van der Waals surface area (Å²) in [6, 6.07) is 8.45. The van der Waals surface area contributed by atoms with Crippen molar-refractivity contribution in [3.63, 3.8) is 0 Å². The van der Waals surface area contributed by atoms with Crippen LogP contribution in [0, 0.1) is 0 Å². The molecule has 28 heavy (non-hydrogen) atoms. The van der Waals surface area contributed by atoms with Gasteiger partial charge in [-0.3, -0.25) is 5.32 Å². The van der Waals surface area contributed by atoms with Gasteiger partial charge >= 0.3 is 6.03 Å². The molecule has 2 amide bonds. The number of benzene rings is 1. The molecule has 0 unspecified atom stereocenters. The minimum Gasteiger partial charge on any atom is -0.359 e. The first-order valence-electron chi connectivity index (χ1n) is 9.02. The van der Waals surface area contributed by atoms with Crippen LogP contribution in [-0.2, 0) is 10.8 Å². The molecular formula is C20H25N5O3. The molecule has 8 nitrogen and oxygen atoms in total. The highest BCUT2D eigenvalue weighted by molar-refractivity contribution is 5.99. The van der Waals surface area contributed by atoms with E-state index in [1.54, 1.807) is 18.2 Å². The minimum absolute atomic E-state index is 0.180. The van der Waals surface area contributed by atoms with Gasteiger partial charge in [0, 0.05) is 28.1 Å². The van der Waals surface area contributed by atoms with Crippen LogP contribution in [0.2, 0.25) is 0 Å². The Morgan fingerprint density at radius 2 is 1.57 bits per heavy atom. The average Bonchev–Trinajstić information content (AvgIpc) is 3.24. The highest BCUT2D eigenvalue weighted by atomic mass is 16.5. The van der Waals surface area contributed by atoms with Crippen LogP contribution < -0.4 is 10.6 Å². The van der Waals surface area contributed by atoms with E-state index in [0.29, 0.717) is 29.0 Å². The predicted molar refractivity (Wildman–Crippen MR) is 106 cm³/mol. The normalized spacial score (nSPS) is 12.1. The molecule has 1 aromatic carbocycles. The van der Waals surface area contributed by atoms with Gasteiger partial charge in [-0.25, -0.2) is 4.79 Å². The van der Waals surface area contributed by atoms with Crippen LogP contribution in [0.1, 0.15) is 53.1 Å². The third kappa shape index (κ3) is 4.57. The van der Waals surface area contributed by atoms with E-state index in [-0.39, 0.29) is 10.8 Å². The van der Waals surface area contributed by atoms with Crippen LogP contribution in [0.15, 0.2) is 39.4 Å². The van der Waals surface area contributed by atoms with E-state index in [4.69, 9.17) is 9.05 Å². The molecule has 0 spiro atoms. The predicted octanol–water partition coefficient (Wildman–Crippen LogP) is 4.96. The number of hydrogen-bond acceptors (Lipinski definition) is 6. The van der Waals surface area contributed by atoms with Crippen molar-refractivity contribution < 1.29 is 13.8 Å². The number of amides is 2. The van der Waals surface area contributed by atoms with Crippen LogP contribution in [0.25, 0.3) is 11.5 Å². The van der Waals surface area contributed by atoms with Crippen LogP contribution in [0.3, 0.4) is 0 Å². The topological polar surface area (TPSA) is 106 Å². The van der Waals surface area contributed by atoms with Gasteiger partial charge in [-0.1, -0.05) is 51.9 Å². The van der Waals surface area contributed by atoms with Gasteiger partial charge in [0.2, 0.25) is 0 Å². The summed E-state index contributed by atoms with van der Waals surface area (Å²) in [5.41, 5.74) is 1.03. The smallest absolute Gasteiger partial charge is 0.324 e. The molecule has 0 aliphatic rings. The number of hydrogen-bond donors (Lipinski definition) is 2. The molecule has 0 atom stereocenters. The maximum absolute atomic E-state index is 12.2. The fourth-order valence-corrected chi connectivity index (χ4v) is 2.31. The Hall–Kier alpha value is -3.16. The van der Waals surface area contributed by atoms with Crippen molar-refractivity contribution in [2.75, 3.05) is 10.6 Å². The molecule has 3 rings (SSSR count). The third-order valence-corrected chi connectivity index (χ3v) is 3.98. The van der Waals surface area contributed by atoms with E-state index < -0.39 is 6.03 Å². The monoisotopic (exact) mass is 383 g/mol. The number of urea groups is 1. The number of rotatable bonds is 3. The zero-order valence-corrected chi connectivity index (χ0v) is 17.0. The van der Waals surface area contributed by atoms with Gasteiger partial charge in [0.25, 0.3) is 5.89 Å². The van der Waals surface area contributed by atoms with Gasteiger partial charge in [0.1, 0.15) is 5.76 Å². The Labute approximate surface area is 163 Å². The second-order valence-electron chi connectivity index (χ2n) is 8.66. The summed E-state index contributed by atoms with van der Waals surface area (Å²) in [5.74, 6) is 2.14. The number of nitrogens with zero attached hydrogens (tertiary/aromatic N) is 3. The Morgan fingerprint density at radius 1 is 0.893 bits per heavy atom. The van der Waals surface area contributed by atoms with E-state index in [2.05, 4.69) is 25.9 Å². The van der Waals surface area contributed by atoms with Gasteiger partial charge in [-0.15, -0.1) is 0 Å². The first-order valence-corrected chi connectivity index (χ1v) is 9.02. The highest BCUT2D eigenvalue weighted by Crippen LogP contribution is 2.26. The highest BCUT2D eigenvalue weighted by Gasteiger charge is 2.22. The number of nitrogens with one attached hydrogen (secondary N) is 2. The molecule has 0 bridgehead atoms. The molecule has 2 N–H and O–H groups in total. The van der Waals surface area contributed by atoms with Gasteiger partial charge in [0.15, 0.2) is 11.6 Å². The largest absolute Gasteiger partial charge is 0.359 e. The summed E-state index contributed by atoms with van der Waals surface area (Å²) in [4.78, 5) is 16.6. The molecule has 0 aliphatic heterocycles. The Kier molecular flexibility index (Phi) is 4.97. The number of carbonyl (C=O) groups excluding carboxylic acids is 1. The molecule has 0 fully saturated rings. The van der Waals surface area contributed by atoms with Crippen LogP contribution >= 0.6 is 0 Å². The lowest BCUT2D eigenvalue weighted by Gasteiger charge is -2.12. The lowest BCUT2D eigenvalue weighted by molar-refractivity contribution is 0.262. The SMILES string of the molecule is CC(C)(C)c1noc(-c2ccc(NC(=O)Nc3cc(C(C)(C)C)on3)cc2)n1. The van der Waals surface area contributed by atoms with Gasteiger partial charge < -0.3 is 14.4 Å². The minimum atomic E-state index is -0.408. The third-order valence-electron chi connectivity index (χ3n) is 3.98. The molecular weight excluding hydrogens is 358 g/mol. The summed E-state index contributed by atoms with van der Waals surface area (Å²) in [7, 11) is 0. The zero-order valence-electron chi connectivity index (χ0n) is 17.0. The van der Waals surface area contributed by atoms with Crippen molar-refractivity contribution in [1.82, 2.24) is 15.3 Å². The van der Waals surface area contributed by atoms with E-state index in [1.807, 2.05) is 53.7 Å². The van der Waals surface area contributed by atoms with Gasteiger partial charge in [-0.05, 0) is 24.3 Å². The van der Waals surface area contributed by atoms with Crippen molar-refractivity contribution >= 4 is 17.5 Å². The van der Waals surface area contributed by atoms with Gasteiger partial charge in [0.05, 0.1) is 0 Å². The first kappa shape index (κ1) is 19.6. The molecule has 148 valence electrons. The van der Waals surface area contributed by atoms with E-state index in [1.165, 1.54) is 0 Å². The summed E-state index contributed by atoms with van der Waals surface area (Å²) in [5, 5.41) is 13.3. The molecule has 2 aromatic heterocycles. The van der Waals surface area contributed by atoms with Crippen molar-refractivity contribution in [2.45, 2.75) is 52.4 Å². The first-order chi connectivity index (χ1) is 13.0. The second kappa shape index (κ2) is 7.10. The Morgan fingerprint density at radius 3 is 2.11 bits per heavy atom. The maximum atomic E-state index is 12.2. The summed E-state index contributed by atoms with van der Waals surface area (Å²) in [6.45, 7) is 12.1. The fraction of sp³-hybridized carbons (Fsp3) is 0.400. The van der Waals surface area contributed by atoms with E-state index in [0.717, 1.165) is 5.56 Å². The molecule has 3 aromatic rings. The van der Waals surface area contributed by atoms with Crippen molar-refractivity contribution in [2.24, 2.45) is 0 Å². The summed E-state index contributed by atoms with van der Waals surface area (Å²) in [6.07, 6.45) is 0. The Balaban J connectivity index is 1.63.